The average Bonchev–Trinajstić information content (AvgIpc) is 3.74. The van der Waals surface area contributed by atoms with Gasteiger partial charge in [-0.05, 0) is 42.5 Å². The smallest absolute Gasteiger partial charge is 0.419 e. The standard InChI is InChI=1S/C35H35F4N7O4/c1-3-19-6-5-7-20(4-2)31(19)46-32(24-17-45(13-11-27(24)44-46)34-42-15-22(16-43-34)35(37,38)39)29-23-10-12-41-30(23)21(14-25(29)36)18-50-28(47)9-8-26(40)33(48)49/h5-7,10,12,14-16,26,41H,3-4,8-9,11,13,17-18,40H2,1-2H3,(H,48,49)/t26-/m0/s1. The minimum atomic E-state index is -4.58. The molecule has 1 atom stereocenters. The normalized spacial score (nSPS) is 13.8. The number of hydrogen-bond acceptors (Lipinski definition) is 8. The molecule has 3 aromatic heterocycles. The van der Waals surface area contributed by atoms with Crippen LogP contribution in [0.25, 0.3) is 27.8 Å². The monoisotopic (exact) mass is 693 g/mol. The number of nitrogens with two attached hydrogens (primary N) is 1. The first kappa shape index (κ1) is 34.5. The van der Waals surface area contributed by atoms with Gasteiger partial charge in [-0.1, -0.05) is 32.0 Å². The summed E-state index contributed by atoms with van der Waals surface area (Å²) in [5, 5.41) is 14.5. The van der Waals surface area contributed by atoms with E-state index in [4.69, 9.17) is 20.7 Å². The predicted octanol–water partition coefficient (Wildman–Crippen LogP) is 5.89. The second kappa shape index (κ2) is 13.9. The summed E-state index contributed by atoms with van der Waals surface area (Å²) in [6, 6.07) is 7.79. The number of para-hydroxylation sites is 1. The van der Waals surface area contributed by atoms with Crippen molar-refractivity contribution in [3.05, 3.63) is 88.3 Å². The van der Waals surface area contributed by atoms with Crippen LogP contribution in [-0.2, 0) is 52.9 Å². The molecule has 1 aliphatic rings. The number of carboxylic acids is 1. The maximum atomic E-state index is 16.7. The third-order valence-electron chi connectivity index (χ3n) is 8.94. The Bertz CT molecular complexity index is 2030. The second-order valence-electron chi connectivity index (χ2n) is 12.1. The van der Waals surface area contributed by atoms with Crippen molar-refractivity contribution in [3.8, 4) is 16.9 Å². The van der Waals surface area contributed by atoms with Crippen LogP contribution in [0.15, 0.2) is 48.9 Å². The number of aryl methyl sites for hydroxylation is 2. The SMILES string of the molecule is CCc1cccc(CC)c1-n1nc2c(c1-c1c(F)cc(COC(=O)CC[C@H](N)C(=O)O)c3[nH]ccc13)CN(c1ncc(C(F)(F)F)cn1)CC2. The molecule has 2 aromatic carbocycles. The number of benzene rings is 2. The van der Waals surface area contributed by atoms with Crippen LogP contribution in [0.5, 0.6) is 0 Å². The number of H-pyrrole nitrogens is 1. The zero-order valence-corrected chi connectivity index (χ0v) is 27.4. The third-order valence-corrected chi connectivity index (χ3v) is 8.94. The van der Waals surface area contributed by atoms with Gasteiger partial charge in [-0.15, -0.1) is 0 Å². The minimum Gasteiger partial charge on any atom is -0.480 e. The average molecular weight is 694 g/mol. The van der Waals surface area contributed by atoms with Crippen LogP contribution in [0, 0.1) is 5.82 Å². The van der Waals surface area contributed by atoms with E-state index in [0.717, 1.165) is 34.9 Å². The van der Waals surface area contributed by atoms with E-state index in [0.29, 0.717) is 53.5 Å². The number of aromatic nitrogens is 5. The van der Waals surface area contributed by atoms with Crippen LogP contribution in [0.4, 0.5) is 23.5 Å². The summed E-state index contributed by atoms with van der Waals surface area (Å²) in [7, 11) is 0. The Labute approximate surface area is 284 Å². The molecule has 6 rings (SSSR count). The van der Waals surface area contributed by atoms with Gasteiger partial charge in [-0.3, -0.25) is 9.59 Å². The minimum absolute atomic E-state index is 0.109. The molecule has 5 aromatic rings. The van der Waals surface area contributed by atoms with E-state index < -0.39 is 35.5 Å². The lowest BCUT2D eigenvalue weighted by molar-refractivity contribution is -0.145. The lowest BCUT2D eigenvalue weighted by Crippen LogP contribution is -2.31. The van der Waals surface area contributed by atoms with Crippen molar-refractivity contribution >= 4 is 28.8 Å². The first-order chi connectivity index (χ1) is 23.9. The molecule has 0 bridgehead atoms. The summed E-state index contributed by atoms with van der Waals surface area (Å²) in [5.41, 5.74) is 10.4. The summed E-state index contributed by atoms with van der Waals surface area (Å²) in [6.07, 6.45) is 0.0222. The molecule has 15 heteroatoms. The van der Waals surface area contributed by atoms with Gasteiger partial charge < -0.3 is 25.5 Å². The highest BCUT2D eigenvalue weighted by atomic mass is 19.4. The van der Waals surface area contributed by atoms with Crippen LogP contribution in [-0.4, -0.2) is 54.4 Å². The summed E-state index contributed by atoms with van der Waals surface area (Å²) in [6.45, 7) is 4.33. The van der Waals surface area contributed by atoms with E-state index in [1.54, 1.807) is 21.8 Å². The van der Waals surface area contributed by atoms with Crippen LogP contribution in [0.2, 0.25) is 0 Å². The van der Waals surface area contributed by atoms with Crippen LogP contribution in [0.3, 0.4) is 0 Å². The maximum Gasteiger partial charge on any atom is 0.419 e. The Morgan fingerprint density at radius 2 is 1.80 bits per heavy atom. The molecule has 1 aliphatic heterocycles. The van der Waals surface area contributed by atoms with Gasteiger partial charge in [0.25, 0.3) is 0 Å². The molecule has 0 saturated heterocycles. The van der Waals surface area contributed by atoms with E-state index in [9.17, 15) is 22.8 Å². The first-order valence-corrected chi connectivity index (χ1v) is 16.2. The Morgan fingerprint density at radius 3 is 2.44 bits per heavy atom. The molecule has 0 radical (unpaired) electrons. The molecule has 0 unspecified atom stereocenters. The summed E-state index contributed by atoms with van der Waals surface area (Å²) in [4.78, 5) is 36.3. The van der Waals surface area contributed by atoms with E-state index in [-0.39, 0.29) is 37.5 Å². The highest BCUT2D eigenvalue weighted by Gasteiger charge is 2.34. The number of aromatic amines is 1. The number of hydrogen-bond donors (Lipinski definition) is 3. The molecule has 50 heavy (non-hydrogen) atoms. The molecule has 4 heterocycles. The van der Waals surface area contributed by atoms with Gasteiger partial charge >= 0.3 is 18.1 Å². The number of nitrogens with one attached hydrogen (secondary N) is 1. The van der Waals surface area contributed by atoms with Crippen molar-refractivity contribution in [1.29, 1.82) is 0 Å². The van der Waals surface area contributed by atoms with Gasteiger partial charge in [0.2, 0.25) is 5.95 Å². The lowest BCUT2D eigenvalue weighted by atomic mass is 9.95. The van der Waals surface area contributed by atoms with Crippen LogP contribution < -0.4 is 10.6 Å². The van der Waals surface area contributed by atoms with Gasteiger partial charge in [0.1, 0.15) is 18.5 Å². The zero-order valence-electron chi connectivity index (χ0n) is 27.4. The van der Waals surface area contributed by atoms with Crippen molar-refractivity contribution in [2.45, 2.75) is 71.3 Å². The van der Waals surface area contributed by atoms with Crippen molar-refractivity contribution in [2.75, 3.05) is 11.4 Å². The third kappa shape index (κ3) is 6.64. The first-order valence-electron chi connectivity index (χ1n) is 16.2. The zero-order chi connectivity index (χ0) is 35.7. The fourth-order valence-corrected chi connectivity index (χ4v) is 6.33. The van der Waals surface area contributed by atoms with Crippen molar-refractivity contribution in [3.63, 3.8) is 0 Å². The quantitative estimate of drug-likeness (QED) is 0.114. The summed E-state index contributed by atoms with van der Waals surface area (Å²) < 4.78 is 63.6. The molecule has 4 N–H and O–H groups in total. The lowest BCUT2D eigenvalue weighted by Gasteiger charge is -2.27. The predicted molar refractivity (Wildman–Crippen MR) is 176 cm³/mol. The fourth-order valence-electron chi connectivity index (χ4n) is 6.33. The number of nitrogens with zero attached hydrogens (tertiary/aromatic N) is 5. The fraction of sp³-hybridized carbons (Fsp3) is 0.343. The number of halogens is 4. The molecule has 0 saturated carbocycles. The Balaban J connectivity index is 1.45. The molecular weight excluding hydrogens is 658 g/mol. The summed E-state index contributed by atoms with van der Waals surface area (Å²) >= 11 is 0. The highest BCUT2D eigenvalue weighted by molar-refractivity contribution is 5.98. The Morgan fingerprint density at radius 1 is 1.10 bits per heavy atom. The maximum absolute atomic E-state index is 16.7. The van der Waals surface area contributed by atoms with Crippen molar-refractivity contribution in [1.82, 2.24) is 24.7 Å². The molecule has 0 amide bonds. The number of alkyl halides is 3. The van der Waals surface area contributed by atoms with Crippen LogP contribution >= 0.6 is 0 Å². The number of carbonyl (C=O) groups excluding carboxylic acids is 1. The van der Waals surface area contributed by atoms with Crippen LogP contribution in [0.1, 0.15) is 60.2 Å². The number of anilines is 1. The van der Waals surface area contributed by atoms with E-state index in [1.807, 2.05) is 32.0 Å². The number of esters is 1. The van der Waals surface area contributed by atoms with Gasteiger partial charge in [0, 0.05) is 66.6 Å². The number of ether oxygens (including phenoxy) is 1. The Hall–Kier alpha value is -5.31. The van der Waals surface area contributed by atoms with E-state index in [1.165, 1.54) is 6.07 Å². The molecule has 0 fully saturated rings. The molecule has 0 spiro atoms. The van der Waals surface area contributed by atoms with Gasteiger partial charge in [0.15, 0.2) is 0 Å². The van der Waals surface area contributed by atoms with Gasteiger partial charge in [0.05, 0.1) is 28.2 Å². The molecule has 262 valence electrons. The topological polar surface area (TPSA) is 152 Å². The molecule has 0 aliphatic carbocycles. The number of carboxylic acid groups (broad SMARTS) is 1. The van der Waals surface area contributed by atoms with E-state index in [2.05, 4.69) is 15.0 Å². The highest BCUT2D eigenvalue weighted by Crippen LogP contribution is 2.41. The second-order valence-corrected chi connectivity index (χ2v) is 12.1. The number of fused-ring (bicyclic) bond motifs is 2. The number of carbonyl (C=O) groups is 2. The largest absolute Gasteiger partial charge is 0.480 e. The van der Waals surface area contributed by atoms with Crippen molar-refractivity contribution in [2.24, 2.45) is 5.73 Å². The van der Waals surface area contributed by atoms with Crippen molar-refractivity contribution < 1.29 is 37.0 Å². The number of aliphatic carboxylic acids is 1. The Kier molecular flexibility index (Phi) is 9.60. The number of rotatable bonds is 11. The van der Waals surface area contributed by atoms with E-state index >= 15 is 4.39 Å². The van der Waals surface area contributed by atoms with Gasteiger partial charge in [-0.25, -0.2) is 19.0 Å². The van der Waals surface area contributed by atoms with Gasteiger partial charge in [-0.2, -0.15) is 18.3 Å². The summed E-state index contributed by atoms with van der Waals surface area (Å²) in [5.74, 6) is -2.39. The molecular formula is C35H35F4N7O4. The molecule has 11 nitrogen and oxygen atoms in total.